The first-order valence-corrected chi connectivity index (χ1v) is 7.99. The maximum Gasteiger partial charge on any atom is 0.119 e. The smallest absolute Gasteiger partial charge is 0.119 e. The fraction of sp³-hybridized carbons (Fsp3) is 0.556. The van der Waals surface area contributed by atoms with Gasteiger partial charge in [-0.2, -0.15) is 0 Å². The van der Waals surface area contributed by atoms with Gasteiger partial charge in [0.25, 0.3) is 0 Å². The van der Waals surface area contributed by atoms with Crippen LogP contribution in [0.1, 0.15) is 38.2 Å². The summed E-state index contributed by atoms with van der Waals surface area (Å²) in [6.45, 7) is 5.51. The highest BCUT2D eigenvalue weighted by molar-refractivity contribution is 5.38. The summed E-state index contributed by atoms with van der Waals surface area (Å²) in [5.74, 6) is 6.78. The van der Waals surface area contributed by atoms with E-state index in [0.29, 0.717) is 6.54 Å². The van der Waals surface area contributed by atoms with E-state index in [4.69, 9.17) is 10.5 Å². The molecule has 0 bridgehead atoms. The Bertz CT molecular complexity index is 466. The largest absolute Gasteiger partial charge is 0.492 e. The van der Waals surface area contributed by atoms with Gasteiger partial charge in [0.2, 0.25) is 0 Å². The summed E-state index contributed by atoms with van der Waals surface area (Å²) in [5, 5.41) is 0. The van der Waals surface area contributed by atoms with Crippen molar-refractivity contribution >= 4 is 0 Å². The maximum atomic E-state index is 5.84. The summed E-state index contributed by atoms with van der Waals surface area (Å²) in [7, 11) is 0. The van der Waals surface area contributed by atoms with Crippen LogP contribution in [-0.4, -0.2) is 37.2 Å². The van der Waals surface area contributed by atoms with Crippen LogP contribution >= 0.6 is 0 Å². The lowest BCUT2D eigenvalue weighted by atomic mass is 10.2. The van der Waals surface area contributed by atoms with Gasteiger partial charge in [0.1, 0.15) is 12.4 Å². The average molecular weight is 286 g/mol. The highest BCUT2D eigenvalue weighted by Gasteiger charge is 2.20. The standard InChI is InChI=1S/C18H26N2O/c1-2-20(17-7-3-4-8-17)14-15-21-18-11-9-16(10-12-18)6-5-13-19/h9-12,17H,2-4,7-8,13-15,19H2,1H3. The lowest BCUT2D eigenvalue weighted by molar-refractivity contribution is 0.168. The molecule has 3 nitrogen and oxygen atoms in total. The van der Waals surface area contributed by atoms with E-state index in [0.717, 1.165) is 37.1 Å². The van der Waals surface area contributed by atoms with Crippen molar-refractivity contribution in [3.05, 3.63) is 29.8 Å². The topological polar surface area (TPSA) is 38.5 Å². The Morgan fingerprint density at radius 1 is 1.24 bits per heavy atom. The van der Waals surface area contributed by atoms with Crippen molar-refractivity contribution in [3.8, 4) is 17.6 Å². The number of hydrogen-bond acceptors (Lipinski definition) is 3. The summed E-state index contributed by atoms with van der Waals surface area (Å²) in [4.78, 5) is 2.55. The Hall–Kier alpha value is -1.50. The first kappa shape index (κ1) is 15.9. The third kappa shape index (κ3) is 5.08. The lowest BCUT2D eigenvalue weighted by Gasteiger charge is -2.27. The molecule has 0 atom stereocenters. The van der Waals surface area contributed by atoms with Gasteiger partial charge in [0.05, 0.1) is 6.54 Å². The Balaban J connectivity index is 1.77. The van der Waals surface area contributed by atoms with Crippen LogP contribution in [0.5, 0.6) is 5.75 Å². The van der Waals surface area contributed by atoms with E-state index in [9.17, 15) is 0 Å². The molecule has 0 aromatic heterocycles. The maximum absolute atomic E-state index is 5.84. The van der Waals surface area contributed by atoms with E-state index in [1.165, 1.54) is 25.7 Å². The number of likely N-dealkylation sites (N-methyl/N-ethyl adjacent to an activating group) is 1. The van der Waals surface area contributed by atoms with Crippen LogP contribution in [0.25, 0.3) is 0 Å². The quantitative estimate of drug-likeness (QED) is 0.817. The van der Waals surface area contributed by atoms with Gasteiger partial charge in [-0.15, -0.1) is 0 Å². The Morgan fingerprint density at radius 3 is 2.57 bits per heavy atom. The summed E-state index contributed by atoms with van der Waals surface area (Å²) in [6, 6.07) is 8.69. The van der Waals surface area contributed by atoms with E-state index in [-0.39, 0.29) is 0 Å². The highest BCUT2D eigenvalue weighted by atomic mass is 16.5. The minimum atomic E-state index is 0.395. The van der Waals surface area contributed by atoms with Gasteiger partial charge < -0.3 is 10.5 Å². The van der Waals surface area contributed by atoms with Crippen LogP contribution in [0.4, 0.5) is 0 Å². The molecule has 0 radical (unpaired) electrons. The van der Waals surface area contributed by atoms with E-state index < -0.39 is 0 Å². The molecule has 0 heterocycles. The van der Waals surface area contributed by atoms with Gasteiger partial charge in [-0.25, -0.2) is 0 Å². The molecule has 114 valence electrons. The van der Waals surface area contributed by atoms with Gasteiger partial charge in [0.15, 0.2) is 0 Å². The van der Waals surface area contributed by atoms with Crippen molar-refractivity contribution in [1.29, 1.82) is 0 Å². The summed E-state index contributed by atoms with van der Waals surface area (Å²) in [6.07, 6.45) is 5.46. The summed E-state index contributed by atoms with van der Waals surface area (Å²) in [5.41, 5.74) is 6.34. The number of benzene rings is 1. The minimum absolute atomic E-state index is 0.395. The molecule has 0 aliphatic heterocycles. The second kappa shape index (κ2) is 8.71. The number of hydrogen-bond donors (Lipinski definition) is 1. The van der Waals surface area contributed by atoms with Crippen LogP contribution < -0.4 is 10.5 Å². The molecule has 1 aromatic rings. The molecule has 21 heavy (non-hydrogen) atoms. The molecule has 0 amide bonds. The molecule has 1 aromatic carbocycles. The molecule has 3 heteroatoms. The van der Waals surface area contributed by atoms with Gasteiger partial charge in [-0.3, -0.25) is 4.90 Å². The molecular weight excluding hydrogens is 260 g/mol. The Labute approximate surface area is 128 Å². The monoisotopic (exact) mass is 286 g/mol. The molecule has 0 unspecified atom stereocenters. The normalized spacial score (nSPS) is 15.0. The van der Waals surface area contributed by atoms with Crippen molar-refractivity contribution < 1.29 is 4.74 Å². The molecule has 1 fully saturated rings. The first-order chi connectivity index (χ1) is 10.3. The molecular formula is C18H26N2O. The molecule has 2 N–H and O–H groups in total. The van der Waals surface area contributed by atoms with Crippen LogP contribution in [0.2, 0.25) is 0 Å². The zero-order valence-electron chi connectivity index (χ0n) is 13.0. The van der Waals surface area contributed by atoms with E-state index >= 15 is 0 Å². The second-order valence-corrected chi connectivity index (χ2v) is 5.45. The zero-order chi connectivity index (χ0) is 14.9. The second-order valence-electron chi connectivity index (χ2n) is 5.45. The Kier molecular flexibility index (Phi) is 6.59. The zero-order valence-corrected chi connectivity index (χ0v) is 13.0. The van der Waals surface area contributed by atoms with Crippen LogP contribution in [0, 0.1) is 11.8 Å². The van der Waals surface area contributed by atoms with Crippen LogP contribution in [0.3, 0.4) is 0 Å². The van der Waals surface area contributed by atoms with Crippen molar-refractivity contribution in [2.45, 2.75) is 38.6 Å². The first-order valence-electron chi connectivity index (χ1n) is 7.99. The third-order valence-electron chi connectivity index (χ3n) is 4.08. The van der Waals surface area contributed by atoms with Crippen molar-refractivity contribution in [2.24, 2.45) is 5.73 Å². The van der Waals surface area contributed by atoms with E-state index in [2.05, 4.69) is 23.7 Å². The fourth-order valence-corrected chi connectivity index (χ4v) is 2.94. The van der Waals surface area contributed by atoms with Crippen LogP contribution in [0.15, 0.2) is 24.3 Å². The van der Waals surface area contributed by atoms with Crippen molar-refractivity contribution in [3.63, 3.8) is 0 Å². The van der Waals surface area contributed by atoms with Crippen LogP contribution in [-0.2, 0) is 0 Å². The Morgan fingerprint density at radius 2 is 1.95 bits per heavy atom. The van der Waals surface area contributed by atoms with Crippen molar-refractivity contribution in [2.75, 3.05) is 26.2 Å². The summed E-state index contributed by atoms with van der Waals surface area (Å²) < 4.78 is 5.84. The van der Waals surface area contributed by atoms with E-state index in [1.807, 2.05) is 24.3 Å². The number of ether oxygens (including phenoxy) is 1. The number of nitrogens with two attached hydrogens (primary N) is 1. The SMILES string of the molecule is CCN(CCOc1ccc(C#CCN)cc1)C1CCCC1. The number of rotatable bonds is 6. The molecule has 0 spiro atoms. The van der Waals surface area contributed by atoms with E-state index in [1.54, 1.807) is 0 Å². The predicted octanol–water partition coefficient (Wildman–Crippen LogP) is 2.64. The molecule has 1 saturated carbocycles. The summed E-state index contributed by atoms with van der Waals surface area (Å²) >= 11 is 0. The third-order valence-corrected chi connectivity index (χ3v) is 4.08. The number of nitrogens with zero attached hydrogens (tertiary/aromatic N) is 1. The fourth-order valence-electron chi connectivity index (χ4n) is 2.94. The van der Waals surface area contributed by atoms with Gasteiger partial charge >= 0.3 is 0 Å². The molecule has 1 aliphatic carbocycles. The molecule has 1 aliphatic rings. The highest BCUT2D eigenvalue weighted by Crippen LogP contribution is 2.23. The average Bonchev–Trinajstić information content (AvgIpc) is 3.05. The lowest BCUT2D eigenvalue weighted by Crippen LogP contribution is -2.36. The van der Waals surface area contributed by atoms with Gasteiger partial charge in [-0.05, 0) is 43.7 Å². The molecule has 2 rings (SSSR count). The van der Waals surface area contributed by atoms with Crippen molar-refractivity contribution in [1.82, 2.24) is 4.90 Å². The predicted molar refractivity (Wildman–Crippen MR) is 87.4 cm³/mol. The van der Waals surface area contributed by atoms with Gasteiger partial charge in [0, 0.05) is 18.2 Å². The minimum Gasteiger partial charge on any atom is -0.492 e. The molecule has 0 saturated heterocycles. The van der Waals surface area contributed by atoms with Gasteiger partial charge in [-0.1, -0.05) is 31.6 Å².